The summed E-state index contributed by atoms with van der Waals surface area (Å²) in [7, 11) is 0. The predicted octanol–water partition coefficient (Wildman–Crippen LogP) is 2.18. The Hall–Kier alpha value is -1.75. The highest BCUT2D eigenvalue weighted by Crippen LogP contribution is 2.31. The van der Waals surface area contributed by atoms with Crippen molar-refractivity contribution in [2.24, 2.45) is 0 Å². The monoisotopic (exact) mass is 291 g/mol. The minimum Gasteiger partial charge on any atom is -0.489 e. The molecule has 1 aromatic rings. The van der Waals surface area contributed by atoms with Gasteiger partial charge in [-0.2, -0.15) is 0 Å². The molecule has 0 atom stereocenters. The molecule has 1 aliphatic rings. The fourth-order valence-electron chi connectivity index (χ4n) is 2.56. The lowest BCUT2D eigenvalue weighted by Gasteiger charge is -2.35. The zero-order valence-electron chi connectivity index (χ0n) is 13.1. The second kappa shape index (κ2) is 7.31. The van der Waals surface area contributed by atoms with Gasteiger partial charge in [-0.05, 0) is 32.5 Å². The maximum atomic E-state index is 10.7. The molecule has 0 bridgehead atoms. The Morgan fingerprint density at radius 2 is 2.00 bits per heavy atom. The van der Waals surface area contributed by atoms with Crippen molar-refractivity contribution in [3.8, 4) is 5.75 Å². The van der Waals surface area contributed by atoms with E-state index in [2.05, 4.69) is 22.0 Å². The minimum absolute atomic E-state index is 0.0735. The van der Waals surface area contributed by atoms with Gasteiger partial charge in [-0.3, -0.25) is 4.79 Å². The van der Waals surface area contributed by atoms with E-state index in [0.29, 0.717) is 6.41 Å². The minimum atomic E-state index is 0.0735. The van der Waals surface area contributed by atoms with Gasteiger partial charge in [0.25, 0.3) is 0 Å². The highest BCUT2D eigenvalue weighted by Gasteiger charge is 2.17. The third-order valence-electron chi connectivity index (χ3n) is 3.73. The van der Waals surface area contributed by atoms with E-state index in [4.69, 9.17) is 4.74 Å². The number of benzene rings is 1. The van der Waals surface area contributed by atoms with Gasteiger partial charge in [0.05, 0.1) is 11.8 Å². The van der Waals surface area contributed by atoms with Crippen LogP contribution in [0.4, 0.5) is 11.4 Å². The van der Waals surface area contributed by atoms with Crippen LogP contribution in [0.25, 0.3) is 0 Å². The molecule has 21 heavy (non-hydrogen) atoms. The third-order valence-corrected chi connectivity index (χ3v) is 3.73. The van der Waals surface area contributed by atoms with Crippen molar-refractivity contribution in [3.05, 3.63) is 18.2 Å². The molecule has 0 spiro atoms. The predicted molar refractivity (Wildman–Crippen MR) is 86.2 cm³/mol. The normalized spacial score (nSPS) is 16.1. The van der Waals surface area contributed by atoms with E-state index in [-0.39, 0.29) is 6.10 Å². The summed E-state index contributed by atoms with van der Waals surface area (Å²) in [4.78, 5) is 15.5. The van der Waals surface area contributed by atoms with E-state index in [1.807, 2.05) is 32.0 Å². The molecule has 1 aliphatic heterocycles. The van der Waals surface area contributed by atoms with Gasteiger partial charge < -0.3 is 19.9 Å². The first kappa shape index (κ1) is 15.6. The molecule has 2 rings (SSSR count). The van der Waals surface area contributed by atoms with Crippen molar-refractivity contribution in [2.75, 3.05) is 42.9 Å². The number of piperazine rings is 1. The molecule has 0 aromatic heterocycles. The number of nitrogens with one attached hydrogen (secondary N) is 1. The van der Waals surface area contributed by atoms with Crippen LogP contribution in [0.5, 0.6) is 5.75 Å². The van der Waals surface area contributed by atoms with Gasteiger partial charge in [-0.25, -0.2) is 0 Å². The second-order valence-electron chi connectivity index (χ2n) is 5.53. The van der Waals surface area contributed by atoms with Crippen LogP contribution >= 0.6 is 0 Å². The van der Waals surface area contributed by atoms with E-state index in [9.17, 15) is 4.79 Å². The standard InChI is InChI=1S/C16H25N3O2/c1-4-18-7-9-19(10-8-18)14-5-6-15(17-12-20)16(11-14)21-13(2)3/h5-6,11-13H,4,7-10H2,1-3H3,(H,17,20). The Morgan fingerprint density at radius 1 is 1.29 bits per heavy atom. The largest absolute Gasteiger partial charge is 0.489 e. The van der Waals surface area contributed by atoms with Gasteiger partial charge >= 0.3 is 0 Å². The lowest BCUT2D eigenvalue weighted by Crippen LogP contribution is -2.46. The molecule has 1 fully saturated rings. The summed E-state index contributed by atoms with van der Waals surface area (Å²) in [5.74, 6) is 0.729. The fraction of sp³-hybridized carbons (Fsp3) is 0.562. The summed E-state index contributed by atoms with van der Waals surface area (Å²) in [5.41, 5.74) is 1.87. The molecular formula is C16H25N3O2. The molecule has 0 radical (unpaired) electrons. The molecule has 116 valence electrons. The Labute approximate surface area is 126 Å². The SMILES string of the molecule is CCN1CCN(c2ccc(NC=O)c(OC(C)C)c2)CC1. The first-order valence-electron chi connectivity index (χ1n) is 7.62. The summed E-state index contributed by atoms with van der Waals surface area (Å²) in [5, 5.41) is 2.70. The van der Waals surface area contributed by atoms with Gasteiger partial charge in [0.2, 0.25) is 6.41 Å². The van der Waals surface area contributed by atoms with Crippen molar-refractivity contribution < 1.29 is 9.53 Å². The van der Waals surface area contributed by atoms with Gasteiger partial charge in [-0.15, -0.1) is 0 Å². The van der Waals surface area contributed by atoms with Crippen LogP contribution in [0.1, 0.15) is 20.8 Å². The van der Waals surface area contributed by atoms with E-state index in [1.54, 1.807) is 0 Å². The molecule has 1 heterocycles. The Balaban J connectivity index is 2.15. The molecular weight excluding hydrogens is 266 g/mol. The molecule has 0 aliphatic carbocycles. The van der Waals surface area contributed by atoms with Crippen LogP contribution in [0, 0.1) is 0 Å². The summed E-state index contributed by atoms with van der Waals surface area (Å²) in [6.45, 7) is 11.5. The number of rotatable bonds is 6. The van der Waals surface area contributed by atoms with Crippen LogP contribution < -0.4 is 15.0 Å². The van der Waals surface area contributed by atoms with Crippen LogP contribution in [0.2, 0.25) is 0 Å². The summed E-state index contributed by atoms with van der Waals surface area (Å²) in [6, 6.07) is 5.97. The number of nitrogens with zero attached hydrogens (tertiary/aromatic N) is 2. The smallest absolute Gasteiger partial charge is 0.211 e. The number of ether oxygens (including phenoxy) is 1. The molecule has 5 nitrogen and oxygen atoms in total. The zero-order chi connectivity index (χ0) is 15.2. The number of amides is 1. The Morgan fingerprint density at radius 3 is 2.57 bits per heavy atom. The lowest BCUT2D eigenvalue weighted by molar-refractivity contribution is -0.105. The average molecular weight is 291 g/mol. The molecule has 1 saturated heterocycles. The zero-order valence-corrected chi connectivity index (χ0v) is 13.1. The fourth-order valence-corrected chi connectivity index (χ4v) is 2.56. The van der Waals surface area contributed by atoms with Crippen LogP contribution in [0.15, 0.2) is 18.2 Å². The van der Waals surface area contributed by atoms with Gasteiger partial charge in [0.1, 0.15) is 5.75 Å². The number of carbonyl (C=O) groups excluding carboxylic acids is 1. The van der Waals surface area contributed by atoms with E-state index in [0.717, 1.165) is 49.8 Å². The van der Waals surface area contributed by atoms with E-state index >= 15 is 0 Å². The number of hydrogen-bond acceptors (Lipinski definition) is 4. The van der Waals surface area contributed by atoms with Crippen molar-refractivity contribution in [3.63, 3.8) is 0 Å². The van der Waals surface area contributed by atoms with Crippen LogP contribution in [-0.4, -0.2) is 50.1 Å². The summed E-state index contributed by atoms with van der Waals surface area (Å²) >= 11 is 0. The topological polar surface area (TPSA) is 44.8 Å². The van der Waals surface area contributed by atoms with E-state index in [1.165, 1.54) is 0 Å². The number of likely N-dealkylation sites (N-methyl/N-ethyl adjacent to an activating group) is 1. The second-order valence-corrected chi connectivity index (χ2v) is 5.53. The van der Waals surface area contributed by atoms with Crippen molar-refractivity contribution in [2.45, 2.75) is 26.9 Å². The molecule has 0 unspecified atom stereocenters. The van der Waals surface area contributed by atoms with Gasteiger partial charge in [0, 0.05) is 37.9 Å². The molecule has 1 amide bonds. The molecule has 0 saturated carbocycles. The molecule has 5 heteroatoms. The molecule has 1 aromatic carbocycles. The molecule has 1 N–H and O–H groups in total. The Kier molecular flexibility index (Phi) is 5.44. The summed E-state index contributed by atoms with van der Waals surface area (Å²) < 4.78 is 5.81. The van der Waals surface area contributed by atoms with Crippen LogP contribution in [0.3, 0.4) is 0 Å². The van der Waals surface area contributed by atoms with Gasteiger partial charge in [0.15, 0.2) is 0 Å². The lowest BCUT2D eigenvalue weighted by atomic mass is 10.2. The first-order chi connectivity index (χ1) is 10.1. The van der Waals surface area contributed by atoms with Gasteiger partial charge in [-0.1, -0.05) is 6.92 Å². The Bertz CT molecular complexity index is 469. The first-order valence-corrected chi connectivity index (χ1v) is 7.62. The van der Waals surface area contributed by atoms with Crippen LogP contribution in [-0.2, 0) is 4.79 Å². The highest BCUT2D eigenvalue weighted by molar-refractivity contribution is 5.77. The van der Waals surface area contributed by atoms with Crippen molar-refractivity contribution in [1.29, 1.82) is 0 Å². The maximum absolute atomic E-state index is 10.7. The number of anilines is 2. The summed E-state index contributed by atoms with van der Waals surface area (Å²) in [6.07, 6.45) is 0.756. The maximum Gasteiger partial charge on any atom is 0.211 e. The third kappa shape index (κ3) is 4.11. The van der Waals surface area contributed by atoms with Crippen molar-refractivity contribution in [1.82, 2.24) is 4.90 Å². The number of hydrogen-bond donors (Lipinski definition) is 1. The average Bonchev–Trinajstić information content (AvgIpc) is 2.49. The highest BCUT2D eigenvalue weighted by atomic mass is 16.5. The quantitative estimate of drug-likeness (QED) is 0.816. The van der Waals surface area contributed by atoms with Crippen molar-refractivity contribution >= 4 is 17.8 Å². The van der Waals surface area contributed by atoms with E-state index < -0.39 is 0 Å². The number of carbonyl (C=O) groups is 1.